The molecule has 0 saturated carbocycles. The summed E-state index contributed by atoms with van der Waals surface area (Å²) in [5.74, 6) is -1.32. The van der Waals surface area contributed by atoms with Gasteiger partial charge in [-0.3, -0.25) is 9.79 Å². The van der Waals surface area contributed by atoms with Gasteiger partial charge in [0.2, 0.25) is 5.91 Å². The number of nitrogens with two attached hydrogens (primary N) is 3. The Balaban J connectivity index is 4.23. The van der Waals surface area contributed by atoms with E-state index >= 15 is 0 Å². The van der Waals surface area contributed by atoms with Crippen LogP contribution in [0.2, 0.25) is 0 Å². The number of carboxylic acids is 1. The van der Waals surface area contributed by atoms with E-state index in [1.165, 1.54) is 0 Å². The summed E-state index contributed by atoms with van der Waals surface area (Å²) in [6, 6.07) is -1.23. The maximum atomic E-state index is 11.7. The molecule has 2 atom stereocenters. The van der Waals surface area contributed by atoms with Crippen molar-refractivity contribution < 1.29 is 14.7 Å². The molecule has 0 rings (SSSR count). The molecule has 0 aliphatic carbocycles. The van der Waals surface area contributed by atoms with E-state index < -0.39 is 12.0 Å². The lowest BCUT2D eigenvalue weighted by atomic mass is 10.0. The number of aliphatic carboxylic acids is 1. The smallest absolute Gasteiger partial charge is 0.326 e. The fourth-order valence-electron chi connectivity index (χ4n) is 1.46. The maximum absolute atomic E-state index is 11.7. The molecule has 20 heavy (non-hydrogen) atoms. The van der Waals surface area contributed by atoms with Gasteiger partial charge in [-0.2, -0.15) is 0 Å². The zero-order valence-electron chi connectivity index (χ0n) is 12.0. The number of carbonyl (C=O) groups excluding carboxylic acids is 1. The van der Waals surface area contributed by atoms with Crippen molar-refractivity contribution in [2.75, 3.05) is 6.54 Å². The zero-order chi connectivity index (χ0) is 15.7. The minimum absolute atomic E-state index is 0.0381. The van der Waals surface area contributed by atoms with E-state index in [-0.39, 0.29) is 36.7 Å². The molecule has 0 unspecified atom stereocenters. The largest absolute Gasteiger partial charge is 0.480 e. The highest BCUT2D eigenvalue weighted by Gasteiger charge is 2.21. The topological polar surface area (TPSA) is 157 Å². The van der Waals surface area contributed by atoms with Crippen molar-refractivity contribution >= 4 is 17.8 Å². The van der Waals surface area contributed by atoms with Crippen LogP contribution in [0.3, 0.4) is 0 Å². The maximum Gasteiger partial charge on any atom is 0.326 e. The summed E-state index contributed by atoms with van der Waals surface area (Å²) < 4.78 is 0. The molecular formula is C12H25N5O3. The SMILES string of the molecule is CC(C)[C@H](N)CC(=O)N[C@@H](CCCN=C(N)N)C(=O)O. The van der Waals surface area contributed by atoms with Crippen LogP contribution in [-0.2, 0) is 9.59 Å². The number of carbonyl (C=O) groups is 2. The van der Waals surface area contributed by atoms with Gasteiger partial charge in [-0.25, -0.2) is 4.79 Å². The number of hydrogen-bond donors (Lipinski definition) is 5. The molecule has 0 aromatic heterocycles. The Morgan fingerprint density at radius 2 is 1.90 bits per heavy atom. The molecule has 1 amide bonds. The van der Waals surface area contributed by atoms with Crippen LogP contribution < -0.4 is 22.5 Å². The minimum atomic E-state index is -1.08. The molecule has 0 aliphatic rings. The number of hydrogen-bond acceptors (Lipinski definition) is 4. The van der Waals surface area contributed by atoms with Crippen molar-refractivity contribution in [3.63, 3.8) is 0 Å². The number of rotatable bonds is 9. The fraction of sp³-hybridized carbons (Fsp3) is 0.750. The van der Waals surface area contributed by atoms with Gasteiger partial charge >= 0.3 is 5.97 Å². The van der Waals surface area contributed by atoms with Crippen LogP contribution in [0.1, 0.15) is 33.1 Å². The Labute approximate surface area is 118 Å². The predicted molar refractivity (Wildman–Crippen MR) is 76.9 cm³/mol. The van der Waals surface area contributed by atoms with Gasteiger partial charge in [-0.05, 0) is 18.8 Å². The lowest BCUT2D eigenvalue weighted by Crippen LogP contribution is -2.43. The summed E-state index contributed by atoms with van der Waals surface area (Å²) >= 11 is 0. The molecule has 0 aromatic carbocycles. The van der Waals surface area contributed by atoms with Crippen LogP contribution in [0, 0.1) is 5.92 Å². The lowest BCUT2D eigenvalue weighted by molar-refractivity contribution is -0.142. The first-order valence-electron chi connectivity index (χ1n) is 6.57. The molecule has 0 spiro atoms. The second kappa shape index (κ2) is 9.13. The van der Waals surface area contributed by atoms with Gasteiger partial charge in [0.25, 0.3) is 0 Å². The average Bonchev–Trinajstić information content (AvgIpc) is 2.32. The van der Waals surface area contributed by atoms with Gasteiger partial charge in [0.05, 0.1) is 0 Å². The Bertz CT molecular complexity index is 353. The Morgan fingerprint density at radius 1 is 1.30 bits per heavy atom. The first-order valence-corrected chi connectivity index (χ1v) is 6.57. The van der Waals surface area contributed by atoms with Crippen molar-refractivity contribution in [1.82, 2.24) is 5.32 Å². The van der Waals surface area contributed by atoms with Gasteiger partial charge in [0.15, 0.2) is 5.96 Å². The molecule has 8 N–H and O–H groups in total. The lowest BCUT2D eigenvalue weighted by Gasteiger charge is -2.18. The molecule has 0 bridgehead atoms. The molecule has 0 aliphatic heterocycles. The number of guanidine groups is 1. The van der Waals surface area contributed by atoms with Crippen LogP contribution in [0.5, 0.6) is 0 Å². The molecule has 0 saturated heterocycles. The average molecular weight is 287 g/mol. The molecular weight excluding hydrogens is 262 g/mol. The van der Waals surface area contributed by atoms with Crippen molar-refractivity contribution in [3.05, 3.63) is 0 Å². The summed E-state index contributed by atoms with van der Waals surface area (Å²) in [6.45, 7) is 4.14. The Morgan fingerprint density at radius 3 is 2.35 bits per heavy atom. The highest BCUT2D eigenvalue weighted by Crippen LogP contribution is 2.04. The van der Waals surface area contributed by atoms with E-state index in [1.807, 2.05) is 13.8 Å². The molecule has 0 heterocycles. The molecule has 8 heteroatoms. The van der Waals surface area contributed by atoms with E-state index in [4.69, 9.17) is 22.3 Å². The van der Waals surface area contributed by atoms with Gasteiger partial charge in [-0.15, -0.1) is 0 Å². The molecule has 8 nitrogen and oxygen atoms in total. The fourth-order valence-corrected chi connectivity index (χ4v) is 1.46. The molecule has 116 valence electrons. The third-order valence-corrected chi connectivity index (χ3v) is 2.86. The predicted octanol–water partition coefficient (Wildman–Crippen LogP) is -1.02. The number of carboxylic acid groups (broad SMARTS) is 1. The van der Waals surface area contributed by atoms with Crippen molar-refractivity contribution in [1.29, 1.82) is 0 Å². The van der Waals surface area contributed by atoms with Crippen LogP contribution in [0.4, 0.5) is 0 Å². The third-order valence-electron chi connectivity index (χ3n) is 2.86. The monoisotopic (exact) mass is 287 g/mol. The van der Waals surface area contributed by atoms with Crippen LogP contribution in [0.25, 0.3) is 0 Å². The number of nitrogens with one attached hydrogen (secondary N) is 1. The van der Waals surface area contributed by atoms with E-state index in [2.05, 4.69) is 10.3 Å². The molecule has 0 aromatic rings. The van der Waals surface area contributed by atoms with Crippen LogP contribution in [-0.4, -0.2) is 41.6 Å². The van der Waals surface area contributed by atoms with Gasteiger partial charge in [-0.1, -0.05) is 13.8 Å². The summed E-state index contributed by atoms with van der Waals surface area (Å²) in [6.07, 6.45) is 0.829. The third kappa shape index (κ3) is 8.30. The molecule has 0 fully saturated rings. The summed E-state index contributed by atoms with van der Waals surface area (Å²) in [5, 5.41) is 11.5. The number of amides is 1. The number of aliphatic imine (C=N–C) groups is 1. The van der Waals surface area contributed by atoms with E-state index in [9.17, 15) is 9.59 Å². The van der Waals surface area contributed by atoms with Crippen LogP contribution >= 0.6 is 0 Å². The Hall–Kier alpha value is -1.83. The quantitative estimate of drug-likeness (QED) is 0.207. The second-order valence-electron chi connectivity index (χ2n) is 5.02. The summed E-state index contributed by atoms with van der Waals surface area (Å²) in [5.41, 5.74) is 16.1. The van der Waals surface area contributed by atoms with E-state index in [0.29, 0.717) is 13.0 Å². The first kappa shape index (κ1) is 18.2. The minimum Gasteiger partial charge on any atom is -0.480 e. The first-order chi connectivity index (χ1) is 9.23. The van der Waals surface area contributed by atoms with Gasteiger partial charge in [0, 0.05) is 19.0 Å². The van der Waals surface area contributed by atoms with E-state index in [1.54, 1.807) is 0 Å². The highest BCUT2D eigenvalue weighted by molar-refractivity contribution is 5.83. The second-order valence-corrected chi connectivity index (χ2v) is 5.02. The van der Waals surface area contributed by atoms with Gasteiger partial charge < -0.3 is 27.6 Å². The van der Waals surface area contributed by atoms with Crippen molar-refractivity contribution in [2.45, 2.75) is 45.2 Å². The van der Waals surface area contributed by atoms with Crippen molar-refractivity contribution in [2.24, 2.45) is 28.1 Å². The number of nitrogens with zero attached hydrogens (tertiary/aromatic N) is 1. The van der Waals surface area contributed by atoms with Gasteiger partial charge in [0.1, 0.15) is 6.04 Å². The van der Waals surface area contributed by atoms with Crippen LogP contribution in [0.15, 0.2) is 4.99 Å². The van der Waals surface area contributed by atoms with Crippen molar-refractivity contribution in [3.8, 4) is 0 Å². The standard InChI is InChI=1S/C12H25N5O3/c1-7(2)8(13)6-10(18)17-9(11(19)20)4-3-5-16-12(14)15/h7-9H,3-6,13H2,1-2H3,(H,17,18)(H,19,20)(H4,14,15,16)/t8-,9+/m1/s1. The zero-order valence-corrected chi connectivity index (χ0v) is 12.0. The highest BCUT2D eigenvalue weighted by atomic mass is 16.4. The van der Waals surface area contributed by atoms with E-state index in [0.717, 1.165) is 0 Å². The summed E-state index contributed by atoms with van der Waals surface area (Å²) in [4.78, 5) is 26.5. The Kier molecular flexibility index (Phi) is 8.30. The molecule has 0 radical (unpaired) electrons. The summed E-state index contributed by atoms with van der Waals surface area (Å²) in [7, 11) is 0. The normalized spacial score (nSPS) is 13.6.